The molecule has 0 aromatic rings. The van der Waals surface area contributed by atoms with Crippen LogP contribution in [-0.4, -0.2) is 43.0 Å². The number of carbonyl (C=O) groups excluding carboxylic acids is 1. The molecule has 112 valence electrons. The van der Waals surface area contributed by atoms with Gasteiger partial charge in [-0.05, 0) is 38.0 Å². The molecule has 0 radical (unpaired) electrons. The van der Waals surface area contributed by atoms with E-state index in [0.29, 0.717) is 24.8 Å². The van der Waals surface area contributed by atoms with Gasteiger partial charge >= 0.3 is 6.03 Å². The largest absolute Gasteiger partial charge is 0.391 e. The molecule has 2 amide bonds. The first-order valence-corrected chi connectivity index (χ1v) is 7.29. The van der Waals surface area contributed by atoms with Gasteiger partial charge in [-0.1, -0.05) is 13.8 Å². The zero-order valence-electron chi connectivity index (χ0n) is 12.3. The number of hydrogen-bond acceptors (Lipinski definition) is 3. The molecule has 1 aliphatic rings. The van der Waals surface area contributed by atoms with E-state index in [0.717, 1.165) is 26.1 Å². The molecule has 0 aromatic carbocycles. The van der Waals surface area contributed by atoms with Crippen molar-refractivity contribution in [3.63, 3.8) is 0 Å². The molecule has 0 aromatic heterocycles. The lowest BCUT2D eigenvalue weighted by Crippen LogP contribution is -2.47. The summed E-state index contributed by atoms with van der Waals surface area (Å²) in [6.07, 6.45) is 2.23. The van der Waals surface area contributed by atoms with Crippen molar-refractivity contribution in [1.29, 1.82) is 0 Å². The summed E-state index contributed by atoms with van der Waals surface area (Å²) >= 11 is 0. The van der Waals surface area contributed by atoms with Crippen LogP contribution in [0.4, 0.5) is 4.79 Å². The molecule has 1 heterocycles. The average molecular weight is 272 g/mol. The lowest BCUT2D eigenvalue weighted by atomic mass is 9.93. The minimum absolute atomic E-state index is 0.145. The Morgan fingerprint density at radius 1 is 1.32 bits per heavy atom. The zero-order valence-corrected chi connectivity index (χ0v) is 12.3. The number of aliphatic hydroxyl groups is 1. The second-order valence-corrected chi connectivity index (χ2v) is 5.88. The molecule has 1 rings (SSSR count). The van der Waals surface area contributed by atoms with Gasteiger partial charge in [-0.2, -0.15) is 0 Å². The summed E-state index contributed by atoms with van der Waals surface area (Å²) in [4.78, 5) is 11.7. The number of hydrogen-bond donors (Lipinski definition) is 3. The molecular weight excluding hydrogens is 244 g/mol. The van der Waals surface area contributed by atoms with Crippen molar-refractivity contribution in [2.24, 2.45) is 11.8 Å². The molecule has 1 aliphatic heterocycles. The maximum atomic E-state index is 11.7. The third kappa shape index (κ3) is 6.78. The Morgan fingerprint density at radius 2 is 1.95 bits per heavy atom. The summed E-state index contributed by atoms with van der Waals surface area (Å²) in [7, 11) is 0. The molecule has 5 nitrogen and oxygen atoms in total. The summed E-state index contributed by atoms with van der Waals surface area (Å²) in [6, 6.07) is -0.0482. The van der Waals surface area contributed by atoms with Crippen molar-refractivity contribution in [2.45, 2.75) is 52.2 Å². The molecule has 0 aliphatic carbocycles. The van der Waals surface area contributed by atoms with Crippen LogP contribution >= 0.6 is 0 Å². The molecule has 2 unspecified atom stereocenters. The highest BCUT2D eigenvalue weighted by Gasteiger charge is 2.21. The number of rotatable bonds is 6. The van der Waals surface area contributed by atoms with E-state index < -0.39 is 6.10 Å². The number of carbonyl (C=O) groups is 1. The Hall–Kier alpha value is -0.810. The quantitative estimate of drug-likeness (QED) is 0.686. The normalized spacial score (nSPS) is 20.1. The van der Waals surface area contributed by atoms with Crippen LogP contribution < -0.4 is 10.6 Å². The Balaban J connectivity index is 2.19. The molecule has 0 saturated carbocycles. The maximum absolute atomic E-state index is 11.7. The Kier molecular flexibility index (Phi) is 7.16. The maximum Gasteiger partial charge on any atom is 0.315 e. The van der Waals surface area contributed by atoms with Gasteiger partial charge in [0, 0.05) is 25.8 Å². The van der Waals surface area contributed by atoms with Crippen LogP contribution in [0, 0.1) is 11.8 Å². The van der Waals surface area contributed by atoms with E-state index >= 15 is 0 Å². The van der Waals surface area contributed by atoms with Gasteiger partial charge in [0.15, 0.2) is 0 Å². The predicted molar refractivity (Wildman–Crippen MR) is 75.0 cm³/mol. The van der Waals surface area contributed by atoms with Crippen molar-refractivity contribution in [3.8, 4) is 0 Å². The molecule has 1 fully saturated rings. The molecule has 1 saturated heterocycles. The van der Waals surface area contributed by atoms with Crippen LogP contribution in [-0.2, 0) is 4.74 Å². The Morgan fingerprint density at radius 3 is 2.53 bits per heavy atom. The van der Waals surface area contributed by atoms with Crippen LogP contribution in [0.15, 0.2) is 0 Å². The van der Waals surface area contributed by atoms with Gasteiger partial charge in [-0.3, -0.25) is 0 Å². The molecular formula is C14H28N2O3. The second kappa shape index (κ2) is 8.38. The topological polar surface area (TPSA) is 70.6 Å². The Bertz CT molecular complexity index is 265. The fourth-order valence-electron chi connectivity index (χ4n) is 2.43. The van der Waals surface area contributed by atoms with Crippen LogP contribution in [0.5, 0.6) is 0 Å². The third-order valence-corrected chi connectivity index (χ3v) is 3.57. The first-order valence-electron chi connectivity index (χ1n) is 7.29. The average Bonchev–Trinajstić information content (AvgIpc) is 2.36. The van der Waals surface area contributed by atoms with E-state index in [4.69, 9.17) is 4.74 Å². The van der Waals surface area contributed by atoms with Crippen molar-refractivity contribution in [3.05, 3.63) is 0 Å². The van der Waals surface area contributed by atoms with E-state index in [1.807, 2.05) is 6.92 Å². The molecule has 0 spiro atoms. The molecule has 19 heavy (non-hydrogen) atoms. The van der Waals surface area contributed by atoms with E-state index in [1.54, 1.807) is 0 Å². The molecule has 5 heteroatoms. The SMILES string of the molecule is CC(C)CC(O)CNC(=O)NC(C)C1CCOCC1. The van der Waals surface area contributed by atoms with Gasteiger partial charge in [0.25, 0.3) is 0 Å². The van der Waals surface area contributed by atoms with Crippen molar-refractivity contribution in [1.82, 2.24) is 10.6 Å². The van der Waals surface area contributed by atoms with E-state index in [1.165, 1.54) is 0 Å². The number of aliphatic hydroxyl groups excluding tert-OH is 1. The zero-order chi connectivity index (χ0) is 14.3. The van der Waals surface area contributed by atoms with Crippen LogP contribution in [0.3, 0.4) is 0 Å². The summed E-state index contributed by atoms with van der Waals surface area (Å²) in [5.74, 6) is 0.918. The van der Waals surface area contributed by atoms with Gasteiger partial charge in [0.05, 0.1) is 6.10 Å². The van der Waals surface area contributed by atoms with Crippen LogP contribution in [0.25, 0.3) is 0 Å². The Labute approximate surface area is 116 Å². The first kappa shape index (κ1) is 16.2. The molecule has 3 N–H and O–H groups in total. The minimum Gasteiger partial charge on any atom is -0.391 e. The predicted octanol–water partition coefficient (Wildman–Crippen LogP) is 1.51. The molecule has 2 atom stereocenters. The van der Waals surface area contributed by atoms with Crippen molar-refractivity contribution < 1.29 is 14.6 Å². The number of nitrogens with one attached hydrogen (secondary N) is 2. The van der Waals surface area contributed by atoms with E-state index in [-0.39, 0.29) is 12.1 Å². The minimum atomic E-state index is -0.468. The lowest BCUT2D eigenvalue weighted by Gasteiger charge is -2.28. The van der Waals surface area contributed by atoms with Crippen molar-refractivity contribution in [2.75, 3.05) is 19.8 Å². The van der Waals surface area contributed by atoms with E-state index in [9.17, 15) is 9.90 Å². The monoisotopic (exact) mass is 272 g/mol. The highest BCUT2D eigenvalue weighted by Crippen LogP contribution is 2.18. The molecule has 0 bridgehead atoms. The third-order valence-electron chi connectivity index (χ3n) is 3.57. The van der Waals surface area contributed by atoms with Gasteiger partial charge in [-0.15, -0.1) is 0 Å². The van der Waals surface area contributed by atoms with E-state index in [2.05, 4.69) is 24.5 Å². The van der Waals surface area contributed by atoms with Gasteiger partial charge in [0.2, 0.25) is 0 Å². The summed E-state index contributed by atoms with van der Waals surface area (Å²) < 4.78 is 5.31. The van der Waals surface area contributed by atoms with Gasteiger partial charge < -0.3 is 20.5 Å². The van der Waals surface area contributed by atoms with Crippen molar-refractivity contribution >= 4 is 6.03 Å². The number of amides is 2. The van der Waals surface area contributed by atoms with Gasteiger partial charge in [0.1, 0.15) is 0 Å². The summed E-state index contributed by atoms with van der Waals surface area (Å²) in [5, 5.41) is 15.4. The number of ether oxygens (including phenoxy) is 1. The standard InChI is InChI=1S/C14H28N2O3/c1-10(2)8-13(17)9-15-14(18)16-11(3)12-4-6-19-7-5-12/h10-13,17H,4-9H2,1-3H3,(H2,15,16,18). The lowest BCUT2D eigenvalue weighted by molar-refractivity contribution is 0.0570. The fourth-order valence-corrected chi connectivity index (χ4v) is 2.43. The fraction of sp³-hybridized carbons (Fsp3) is 0.929. The highest BCUT2D eigenvalue weighted by molar-refractivity contribution is 5.74. The summed E-state index contributed by atoms with van der Waals surface area (Å²) in [5.41, 5.74) is 0. The smallest absolute Gasteiger partial charge is 0.315 e. The van der Waals surface area contributed by atoms with Crippen LogP contribution in [0.2, 0.25) is 0 Å². The first-order chi connectivity index (χ1) is 8.99. The van der Waals surface area contributed by atoms with Gasteiger partial charge in [-0.25, -0.2) is 4.79 Å². The highest BCUT2D eigenvalue weighted by atomic mass is 16.5. The van der Waals surface area contributed by atoms with Crippen LogP contribution in [0.1, 0.15) is 40.0 Å². The second-order valence-electron chi connectivity index (χ2n) is 5.88. The number of urea groups is 1. The summed E-state index contributed by atoms with van der Waals surface area (Å²) in [6.45, 7) is 8.01.